The Bertz CT molecular complexity index is 1240. The molecule has 0 unspecified atom stereocenters. The van der Waals surface area contributed by atoms with E-state index >= 15 is 0 Å². The first kappa shape index (κ1) is 18.2. The van der Waals surface area contributed by atoms with Crippen molar-refractivity contribution in [2.45, 2.75) is 62.5 Å². The number of allylic oxidation sites excluding steroid dienone is 2. The third-order valence-corrected chi connectivity index (χ3v) is 8.18. The van der Waals surface area contributed by atoms with E-state index in [1.54, 1.807) is 4.40 Å². The number of anilines is 1. The van der Waals surface area contributed by atoms with Crippen LogP contribution in [-0.4, -0.2) is 34.9 Å². The van der Waals surface area contributed by atoms with Gasteiger partial charge in [-0.3, -0.25) is 9.12 Å². The fourth-order valence-electron chi connectivity index (χ4n) is 4.14. The summed E-state index contributed by atoms with van der Waals surface area (Å²) in [4.78, 5) is 0. The number of fused-ring (bicyclic) bond motifs is 2. The van der Waals surface area contributed by atoms with Crippen LogP contribution in [0.2, 0.25) is 0 Å². The number of hydrogen-bond acceptors (Lipinski definition) is 5. The molecule has 30 heavy (non-hydrogen) atoms. The zero-order valence-corrected chi connectivity index (χ0v) is 17.5. The summed E-state index contributed by atoms with van der Waals surface area (Å²) in [6.45, 7) is 0.601. The van der Waals surface area contributed by atoms with Gasteiger partial charge >= 0.3 is 0 Å². The van der Waals surface area contributed by atoms with Crippen LogP contribution in [0, 0.1) is 0 Å². The molecule has 0 atom stereocenters. The largest absolute Gasteiger partial charge is 0.493 e. The topological polar surface area (TPSA) is 85.6 Å². The molecule has 2 heterocycles. The predicted molar refractivity (Wildman–Crippen MR) is 113 cm³/mol. The van der Waals surface area contributed by atoms with Crippen molar-refractivity contribution in [3.05, 3.63) is 46.4 Å². The van der Waals surface area contributed by atoms with Crippen LogP contribution in [0.1, 0.15) is 62.8 Å². The highest BCUT2D eigenvalue weighted by atomic mass is 32.2. The maximum absolute atomic E-state index is 12.3. The quantitative estimate of drug-likeness (QED) is 0.651. The van der Waals surface area contributed by atoms with Crippen molar-refractivity contribution in [1.82, 2.24) is 14.6 Å². The molecule has 0 saturated heterocycles. The lowest BCUT2D eigenvalue weighted by Gasteiger charge is -2.23. The van der Waals surface area contributed by atoms with Crippen molar-refractivity contribution in [2.24, 2.45) is 0 Å². The van der Waals surface area contributed by atoms with E-state index < -0.39 is 10.0 Å². The van der Waals surface area contributed by atoms with Gasteiger partial charge in [-0.25, -0.2) is 8.42 Å². The van der Waals surface area contributed by atoms with E-state index in [4.69, 9.17) is 4.74 Å². The van der Waals surface area contributed by atoms with Gasteiger partial charge in [0.1, 0.15) is 5.75 Å². The Morgan fingerprint density at radius 1 is 1.20 bits per heavy atom. The molecule has 2 aromatic heterocycles. The van der Waals surface area contributed by atoms with Crippen LogP contribution < -0.4 is 9.46 Å². The second kappa shape index (κ2) is 6.72. The summed E-state index contributed by atoms with van der Waals surface area (Å²) in [5, 5.41) is 7.94. The highest BCUT2D eigenvalue weighted by Crippen LogP contribution is 2.45. The normalized spacial score (nSPS) is 20.7. The Labute approximate surface area is 175 Å². The average Bonchev–Trinajstić information content (AvgIpc) is 3.60. The van der Waals surface area contributed by atoms with Crippen molar-refractivity contribution in [3.63, 3.8) is 0 Å². The number of sulfonamides is 1. The van der Waals surface area contributed by atoms with Gasteiger partial charge in [0.25, 0.3) is 0 Å². The van der Waals surface area contributed by atoms with E-state index in [0.29, 0.717) is 31.0 Å². The number of rotatable bonds is 8. The minimum Gasteiger partial charge on any atom is -0.493 e. The van der Waals surface area contributed by atoms with E-state index in [9.17, 15) is 8.42 Å². The number of hydrogen-bond donors (Lipinski definition) is 1. The first-order valence-electron chi connectivity index (χ1n) is 10.8. The van der Waals surface area contributed by atoms with Crippen LogP contribution in [0.3, 0.4) is 0 Å². The van der Waals surface area contributed by atoms with Crippen LogP contribution in [0.15, 0.2) is 40.8 Å². The first-order valence-corrected chi connectivity index (χ1v) is 12.3. The molecule has 0 amide bonds. The monoisotopic (exact) mass is 424 g/mol. The summed E-state index contributed by atoms with van der Waals surface area (Å²) in [5.74, 6) is 1.54. The van der Waals surface area contributed by atoms with Crippen LogP contribution in [0.5, 0.6) is 5.75 Å². The minimum absolute atomic E-state index is 0.257. The molecule has 0 radical (unpaired) electrons. The van der Waals surface area contributed by atoms with E-state index in [1.165, 1.54) is 23.1 Å². The Kier molecular flexibility index (Phi) is 4.08. The van der Waals surface area contributed by atoms with Crippen LogP contribution in [0.4, 0.5) is 5.95 Å². The predicted octanol–water partition coefficient (Wildman–Crippen LogP) is 3.86. The molecular weight excluding hydrogens is 400 g/mol. The second-order valence-corrected chi connectivity index (χ2v) is 10.7. The number of nitrogens with one attached hydrogen (secondary N) is 1. The smallest absolute Gasteiger partial charge is 0.242 e. The standard InChI is InChI=1S/C22H24N4O3S/c27-30(28,18-7-8-18)25-22-24-23-21-12-20(19(13-26(21)22)16-4-5-16)29-10-9-14-1-2-15-3-6-17(15)11-14/h2,12-13,16,18H,1,3-10H2,(H,24,25). The van der Waals surface area contributed by atoms with E-state index in [1.807, 2.05) is 12.3 Å². The molecule has 8 heteroatoms. The summed E-state index contributed by atoms with van der Waals surface area (Å²) in [6.07, 6.45) is 12.1. The second-order valence-electron chi connectivity index (χ2n) is 8.70. The highest BCUT2D eigenvalue weighted by Gasteiger charge is 2.37. The molecule has 6 rings (SSSR count). The van der Waals surface area contributed by atoms with E-state index in [2.05, 4.69) is 26.7 Å². The third kappa shape index (κ3) is 3.34. The molecule has 1 N–H and O–H groups in total. The van der Waals surface area contributed by atoms with Gasteiger partial charge in [0.2, 0.25) is 16.0 Å². The zero-order chi connectivity index (χ0) is 20.3. The van der Waals surface area contributed by atoms with Crippen molar-refractivity contribution in [1.29, 1.82) is 0 Å². The SMILES string of the molecule is O=S(=O)(Nc1nnc2cc(OCCC3=C=C4CCC4=CC3)c(C3CC3)cn12)C1CC1. The molecule has 0 aromatic carbocycles. The maximum Gasteiger partial charge on any atom is 0.242 e. The van der Waals surface area contributed by atoms with Crippen LogP contribution in [0.25, 0.3) is 5.65 Å². The third-order valence-electron chi connectivity index (χ3n) is 6.36. The molecular formula is C22H24N4O3S. The van der Waals surface area contributed by atoms with Gasteiger partial charge in [-0.1, -0.05) is 6.08 Å². The van der Waals surface area contributed by atoms with E-state index in [0.717, 1.165) is 43.4 Å². The van der Waals surface area contributed by atoms with Crippen molar-refractivity contribution < 1.29 is 13.2 Å². The maximum atomic E-state index is 12.3. The zero-order valence-electron chi connectivity index (χ0n) is 16.7. The number of nitrogens with zero attached hydrogens (tertiary/aromatic N) is 3. The van der Waals surface area contributed by atoms with Crippen LogP contribution >= 0.6 is 0 Å². The Morgan fingerprint density at radius 2 is 2.07 bits per heavy atom. The van der Waals surface area contributed by atoms with Crippen molar-refractivity contribution >= 4 is 21.6 Å². The van der Waals surface area contributed by atoms with Gasteiger partial charge in [-0.05, 0) is 67.6 Å². The fraction of sp³-hybridized carbons (Fsp3) is 0.500. The summed E-state index contributed by atoms with van der Waals surface area (Å²) >= 11 is 0. The summed E-state index contributed by atoms with van der Waals surface area (Å²) in [7, 11) is -3.38. The van der Waals surface area contributed by atoms with Crippen molar-refractivity contribution in [2.75, 3.05) is 11.3 Å². The Morgan fingerprint density at radius 3 is 2.77 bits per heavy atom. The van der Waals surface area contributed by atoms with Gasteiger partial charge in [-0.15, -0.1) is 15.9 Å². The Balaban J connectivity index is 1.23. The van der Waals surface area contributed by atoms with Gasteiger partial charge < -0.3 is 4.74 Å². The molecule has 156 valence electrons. The fourth-order valence-corrected chi connectivity index (χ4v) is 5.46. The lowest BCUT2D eigenvalue weighted by molar-refractivity contribution is 0.317. The minimum atomic E-state index is -3.38. The number of aromatic nitrogens is 3. The van der Waals surface area contributed by atoms with Crippen molar-refractivity contribution in [3.8, 4) is 5.75 Å². The number of ether oxygens (including phenoxy) is 1. The molecule has 0 bridgehead atoms. The molecule has 3 fully saturated rings. The molecule has 4 aliphatic carbocycles. The number of pyridine rings is 1. The average molecular weight is 425 g/mol. The highest BCUT2D eigenvalue weighted by molar-refractivity contribution is 7.93. The van der Waals surface area contributed by atoms with Crippen LogP contribution in [-0.2, 0) is 10.0 Å². The summed E-state index contributed by atoms with van der Waals surface area (Å²) in [5.41, 5.74) is 9.40. The Hall–Kier alpha value is -2.57. The lowest BCUT2D eigenvalue weighted by atomic mass is 9.81. The van der Waals surface area contributed by atoms with Gasteiger partial charge in [-0.2, -0.15) is 0 Å². The van der Waals surface area contributed by atoms with Gasteiger partial charge in [0.05, 0.1) is 11.9 Å². The first-order chi connectivity index (χ1) is 14.6. The van der Waals surface area contributed by atoms with Gasteiger partial charge in [0, 0.05) is 24.2 Å². The molecule has 0 aliphatic heterocycles. The molecule has 7 nitrogen and oxygen atoms in total. The molecule has 2 aromatic rings. The molecule has 0 spiro atoms. The van der Waals surface area contributed by atoms with E-state index in [-0.39, 0.29) is 11.2 Å². The lowest BCUT2D eigenvalue weighted by Crippen LogP contribution is -2.19. The van der Waals surface area contributed by atoms with Gasteiger partial charge in [0.15, 0.2) is 5.65 Å². The summed E-state index contributed by atoms with van der Waals surface area (Å²) in [6, 6.07) is 1.88. The molecule has 4 aliphatic rings. The summed E-state index contributed by atoms with van der Waals surface area (Å²) < 4.78 is 35.1. The molecule has 3 saturated carbocycles.